The van der Waals surface area contributed by atoms with Crippen LogP contribution in [0, 0.1) is 38.9 Å². The van der Waals surface area contributed by atoms with Gasteiger partial charge in [0.25, 0.3) is 0 Å². The van der Waals surface area contributed by atoms with Crippen molar-refractivity contribution in [3.63, 3.8) is 0 Å². The van der Waals surface area contributed by atoms with E-state index < -0.39 is 179 Å². The normalized spacial score (nSPS) is 16.6. The van der Waals surface area contributed by atoms with Crippen molar-refractivity contribution in [3.05, 3.63) is 0 Å². The minimum atomic E-state index is -4.76. The summed E-state index contributed by atoms with van der Waals surface area (Å²) in [5.41, 5.74) is -18.0. The smallest absolute Gasteiger partial charge is 0.417 e. The molecule has 0 bridgehead atoms. The number of halogens is 15. The summed E-state index contributed by atoms with van der Waals surface area (Å²) in [5, 5.41) is 46.9. The van der Waals surface area contributed by atoms with E-state index in [1.165, 1.54) is 6.92 Å². The van der Waals surface area contributed by atoms with E-state index in [0.29, 0.717) is 66.7 Å². The standard InChI is InChI=1S/C15H27F3O3.C14H25F3O3.C13H23F3O3.C12H21F3O3.C11H19F3O3.5CH4/c1-7-13(4,5)12(19)21-11(8-10(2)3)9-14(6,20)15(16,17)18;1-7-12(4,5)11(18)20-10(9(2)3)8-13(6,19)14(15,16)17;1-6-9(8-12(5,18)13(14,15)16)19-10(17)11(3,4)7-2;1-6-10(3,4)9(16)18-8(2)7-11(5,17)12(13,14)15;1-5-9(2,3)8(15)17-7-6-10(4,16)11(12,13)14;;;;;/h10-11,20H,7-9H2,1-6H3;9-10,19H,7-8H2,1-6H3;9,18H,6-8H2,1-5H3;8,17H,6-7H2,1-5H3;16H,5-7H2,1-4H3;5*1H4. The predicted octanol–water partition coefficient (Wildman–Crippen LogP) is 20.1. The zero-order valence-corrected chi connectivity index (χ0v) is 60.6. The number of aliphatic hydroxyl groups is 5. The number of ether oxygens (including phenoxy) is 5. The molecule has 0 fully saturated rings. The number of carbonyl (C=O) groups excluding carboxylic acids is 5. The van der Waals surface area contributed by atoms with E-state index in [4.69, 9.17) is 28.8 Å². The van der Waals surface area contributed by atoms with Crippen LogP contribution < -0.4 is 0 Å². The maximum Gasteiger partial charge on any atom is 0.417 e. The van der Waals surface area contributed by atoms with E-state index >= 15 is 0 Å². The molecule has 0 rings (SSSR count). The van der Waals surface area contributed by atoms with Gasteiger partial charge in [0.2, 0.25) is 0 Å². The van der Waals surface area contributed by atoms with Gasteiger partial charge in [-0.25, -0.2) is 0 Å². The molecule has 9 unspecified atom stereocenters. The van der Waals surface area contributed by atoms with Crippen molar-refractivity contribution in [3.8, 4) is 0 Å². The van der Waals surface area contributed by atoms with Crippen LogP contribution in [-0.4, -0.2) is 145 Å². The summed E-state index contributed by atoms with van der Waals surface area (Å²) in [7, 11) is 0. The predicted molar refractivity (Wildman–Crippen MR) is 361 cm³/mol. The van der Waals surface area contributed by atoms with Gasteiger partial charge in [0, 0.05) is 32.1 Å². The van der Waals surface area contributed by atoms with Crippen molar-refractivity contribution in [2.45, 2.75) is 378 Å². The molecular formula is C70H135F15O15. The van der Waals surface area contributed by atoms with Crippen LogP contribution in [0.5, 0.6) is 0 Å². The van der Waals surface area contributed by atoms with Gasteiger partial charge >= 0.3 is 60.7 Å². The average molecular weight is 1500 g/mol. The van der Waals surface area contributed by atoms with Crippen LogP contribution in [0.4, 0.5) is 65.9 Å². The first-order chi connectivity index (χ1) is 41.6. The molecule has 30 heteroatoms. The van der Waals surface area contributed by atoms with Crippen LogP contribution in [0.25, 0.3) is 0 Å². The molecule has 610 valence electrons. The Morgan fingerprint density at radius 2 is 0.570 bits per heavy atom. The quantitative estimate of drug-likeness (QED) is 0.0266. The van der Waals surface area contributed by atoms with E-state index in [1.54, 1.807) is 118 Å². The largest absolute Gasteiger partial charge is 0.465 e. The number of hydrogen-bond donors (Lipinski definition) is 5. The van der Waals surface area contributed by atoms with Gasteiger partial charge < -0.3 is 49.2 Å². The molecule has 100 heavy (non-hydrogen) atoms. The third-order valence-corrected chi connectivity index (χ3v) is 16.6. The second-order valence-corrected chi connectivity index (χ2v) is 29.2. The van der Waals surface area contributed by atoms with Crippen LogP contribution >= 0.6 is 0 Å². The third kappa shape index (κ3) is 42.2. The van der Waals surface area contributed by atoms with E-state index in [-0.39, 0.29) is 61.8 Å². The Morgan fingerprint density at radius 3 is 0.830 bits per heavy atom. The summed E-state index contributed by atoms with van der Waals surface area (Å²) < 4.78 is 214. The highest BCUT2D eigenvalue weighted by Gasteiger charge is 2.55. The van der Waals surface area contributed by atoms with Crippen molar-refractivity contribution >= 4 is 29.8 Å². The number of rotatable bonds is 29. The fourth-order valence-electron chi connectivity index (χ4n) is 6.39. The molecule has 15 nitrogen and oxygen atoms in total. The van der Waals surface area contributed by atoms with Gasteiger partial charge in [-0.1, -0.05) is 106 Å². The number of alkyl halides is 15. The summed E-state index contributed by atoms with van der Waals surface area (Å²) in [6.45, 7) is 38.5. The van der Waals surface area contributed by atoms with Gasteiger partial charge in [-0.15, -0.1) is 0 Å². The number of esters is 5. The lowest BCUT2D eigenvalue weighted by atomic mass is 9.89. The van der Waals surface area contributed by atoms with Crippen LogP contribution in [0.1, 0.15) is 294 Å². The van der Waals surface area contributed by atoms with Gasteiger partial charge in [0.1, 0.15) is 24.4 Å². The van der Waals surface area contributed by atoms with Crippen LogP contribution in [-0.2, 0) is 47.7 Å². The maximum absolute atomic E-state index is 12.8. The molecule has 0 aromatic rings. The maximum atomic E-state index is 12.8. The first-order valence-corrected chi connectivity index (χ1v) is 31.6. The van der Waals surface area contributed by atoms with Gasteiger partial charge in [-0.2, -0.15) is 65.9 Å². The lowest BCUT2D eigenvalue weighted by Gasteiger charge is -2.33. The molecule has 0 aliphatic rings. The molecule has 0 aromatic heterocycles. The molecule has 0 aliphatic heterocycles. The zero-order chi connectivity index (χ0) is 77.6. The second-order valence-electron chi connectivity index (χ2n) is 29.2. The monoisotopic (exact) mass is 1500 g/mol. The van der Waals surface area contributed by atoms with E-state index in [1.807, 2.05) is 20.8 Å². The first kappa shape index (κ1) is 117. The van der Waals surface area contributed by atoms with Crippen molar-refractivity contribution in [2.24, 2.45) is 38.9 Å². The summed E-state index contributed by atoms with van der Waals surface area (Å²) in [4.78, 5) is 58.9. The Morgan fingerprint density at radius 1 is 0.330 bits per heavy atom. The Kier molecular flexibility index (Phi) is 52.5. The average Bonchev–Trinajstić information content (AvgIpc) is 0.839. The molecule has 0 aromatic carbocycles. The van der Waals surface area contributed by atoms with Gasteiger partial charge in [-0.05, 0) is 168 Å². The molecule has 0 aliphatic carbocycles. The third-order valence-electron chi connectivity index (χ3n) is 16.6. The molecular weight excluding hydrogens is 1370 g/mol. The van der Waals surface area contributed by atoms with Crippen LogP contribution in [0.2, 0.25) is 0 Å². The van der Waals surface area contributed by atoms with Gasteiger partial charge in [0.05, 0.1) is 33.7 Å². The highest BCUT2D eigenvalue weighted by atomic mass is 19.4. The molecule has 0 spiro atoms. The summed E-state index contributed by atoms with van der Waals surface area (Å²) >= 11 is 0. The molecule has 0 amide bonds. The Bertz CT molecular complexity index is 2280. The minimum Gasteiger partial charge on any atom is -0.465 e. The molecule has 0 saturated heterocycles. The summed E-state index contributed by atoms with van der Waals surface area (Å²) in [6.07, 6.45) is -27.8. The zero-order valence-electron chi connectivity index (χ0n) is 60.6. The molecule has 9 atom stereocenters. The molecule has 0 radical (unpaired) electrons. The lowest BCUT2D eigenvalue weighted by Crippen LogP contribution is -2.47. The Labute approximate surface area is 590 Å². The highest BCUT2D eigenvalue weighted by Crippen LogP contribution is 2.41. The lowest BCUT2D eigenvalue weighted by molar-refractivity contribution is -0.263. The second kappa shape index (κ2) is 44.8. The molecule has 0 saturated carbocycles. The fourth-order valence-corrected chi connectivity index (χ4v) is 6.39. The van der Waals surface area contributed by atoms with E-state index in [9.17, 15) is 110 Å². The number of hydrogen-bond acceptors (Lipinski definition) is 15. The van der Waals surface area contributed by atoms with Crippen LogP contribution in [0.15, 0.2) is 0 Å². The molecule has 5 N–H and O–H groups in total. The van der Waals surface area contributed by atoms with E-state index in [2.05, 4.69) is 0 Å². The summed E-state index contributed by atoms with van der Waals surface area (Å²) in [5.74, 6) is -3.00. The minimum absolute atomic E-state index is 0. The van der Waals surface area contributed by atoms with Crippen molar-refractivity contribution in [1.29, 1.82) is 0 Å². The van der Waals surface area contributed by atoms with Crippen molar-refractivity contribution in [1.82, 2.24) is 0 Å². The summed E-state index contributed by atoms with van der Waals surface area (Å²) in [6, 6.07) is 0. The first-order valence-electron chi connectivity index (χ1n) is 31.6. The van der Waals surface area contributed by atoms with Crippen molar-refractivity contribution in [2.75, 3.05) is 6.61 Å². The fraction of sp³-hybridized carbons (Fsp3) is 0.929. The Balaban J connectivity index is -0.000000125. The van der Waals surface area contributed by atoms with E-state index in [0.717, 1.165) is 0 Å². The van der Waals surface area contributed by atoms with Crippen molar-refractivity contribution < 1.29 is 139 Å². The van der Waals surface area contributed by atoms with Crippen LogP contribution in [0.3, 0.4) is 0 Å². The van der Waals surface area contributed by atoms with Gasteiger partial charge in [-0.3, -0.25) is 24.0 Å². The SMILES string of the molecule is C.C.C.C.C.CCC(C)(C)C(=O)OC(C)CC(C)(O)C(F)(F)F.CCC(C)(C)C(=O)OC(CC(C)(O)C(F)(F)F)C(C)C.CCC(C)(C)C(=O)OC(CC(C)C)CC(C)(O)C(F)(F)F.CCC(C)(C)C(=O)OCCC(C)(O)C(F)(F)F.CCC(CC(C)(O)C(F)(F)F)OC(=O)C(C)(C)CC. The number of carbonyl (C=O) groups is 5. The molecule has 0 heterocycles. The highest BCUT2D eigenvalue weighted by molar-refractivity contribution is 5.77. The van der Waals surface area contributed by atoms with Gasteiger partial charge in [0.15, 0.2) is 28.0 Å². The topological polar surface area (TPSA) is 233 Å². The Hall–Kier alpha value is -3.90.